The minimum absolute atomic E-state index is 0.0463. The molecule has 3 nitrogen and oxygen atoms in total. The highest BCUT2D eigenvalue weighted by atomic mass is 16.3. The van der Waals surface area contributed by atoms with Crippen molar-refractivity contribution < 1.29 is 9.21 Å². The van der Waals surface area contributed by atoms with Gasteiger partial charge in [0.1, 0.15) is 11.5 Å². The minimum atomic E-state index is 0.0463. The van der Waals surface area contributed by atoms with Crippen LogP contribution in [0.25, 0.3) is 0 Å². The van der Waals surface area contributed by atoms with Gasteiger partial charge in [-0.2, -0.15) is 0 Å². The van der Waals surface area contributed by atoms with Crippen molar-refractivity contribution in [2.45, 2.75) is 33.7 Å². The van der Waals surface area contributed by atoms with Crippen LogP contribution in [0.4, 0.5) is 0 Å². The zero-order chi connectivity index (χ0) is 14.5. The summed E-state index contributed by atoms with van der Waals surface area (Å²) in [5.41, 5.74) is 1.82. The van der Waals surface area contributed by atoms with Gasteiger partial charge >= 0.3 is 0 Å². The van der Waals surface area contributed by atoms with Gasteiger partial charge in [-0.3, -0.25) is 4.79 Å². The number of benzene rings is 1. The van der Waals surface area contributed by atoms with Gasteiger partial charge in [0.25, 0.3) is 5.91 Å². The van der Waals surface area contributed by atoms with Gasteiger partial charge in [-0.1, -0.05) is 37.3 Å². The molecule has 1 aromatic heterocycles. The van der Waals surface area contributed by atoms with Crippen molar-refractivity contribution in [1.82, 2.24) is 4.90 Å². The molecule has 0 spiro atoms. The van der Waals surface area contributed by atoms with Gasteiger partial charge in [0.15, 0.2) is 0 Å². The zero-order valence-electron chi connectivity index (χ0n) is 12.3. The third-order valence-corrected chi connectivity index (χ3v) is 3.27. The molecule has 20 heavy (non-hydrogen) atoms. The first-order valence-electron chi connectivity index (χ1n) is 7.02. The lowest BCUT2D eigenvalue weighted by Gasteiger charge is -2.22. The third-order valence-electron chi connectivity index (χ3n) is 3.27. The standard InChI is InChI=1S/C17H21NO2/c1-4-10-18(12-15-8-6-5-7-9-15)17(19)16-11-13(2)20-14(16)3/h5-9,11H,4,10,12H2,1-3H3. The Kier molecular flexibility index (Phi) is 4.61. The number of rotatable bonds is 5. The molecule has 1 heterocycles. The van der Waals surface area contributed by atoms with E-state index >= 15 is 0 Å². The van der Waals surface area contributed by atoms with E-state index in [9.17, 15) is 4.79 Å². The van der Waals surface area contributed by atoms with E-state index < -0.39 is 0 Å². The lowest BCUT2D eigenvalue weighted by molar-refractivity contribution is 0.0741. The maximum absolute atomic E-state index is 12.6. The van der Waals surface area contributed by atoms with Gasteiger partial charge in [-0.15, -0.1) is 0 Å². The summed E-state index contributed by atoms with van der Waals surface area (Å²) in [6.45, 7) is 7.17. The van der Waals surface area contributed by atoms with Crippen LogP contribution in [0.15, 0.2) is 40.8 Å². The Morgan fingerprint density at radius 2 is 1.90 bits per heavy atom. The number of aryl methyl sites for hydroxylation is 2. The average molecular weight is 271 g/mol. The summed E-state index contributed by atoms with van der Waals surface area (Å²) in [7, 11) is 0. The average Bonchev–Trinajstić information content (AvgIpc) is 2.77. The molecule has 0 aliphatic heterocycles. The molecule has 0 aliphatic carbocycles. The molecule has 2 aromatic rings. The smallest absolute Gasteiger partial charge is 0.257 e. The monoisotopic (exact) mass is 271 g/mol. The van der Waals surface area contributed by atoms with Crippen molar-refractivity contribution in [1.29, 1.82) is 0 Å². The van der Waals surface area contributed by atoms with Crippen LogP contribution in [0.1, 0.15) is 40.8 Å². The van der Waals surface area contributed by atoms with Crippen LogP contribution in [-0.2, 0) is 6.54 Å². The molecule has 0 saturated carbocycles. The number of hydrogen-bond donors (Lipinski definition) is 0. The van der Waals surface area contributed by atoms with Gasteiger partial charge in [0.05, 0.1) is 5.56 Å². The van der Waals surface area contributed by atoms with E-state index in [-0.39, 0.29) is 5.91 Å². The highest BCUT2D eigenvalue weighted by Crippen LogP contribution is 2.17. The molecule has 1 amide bonds. The molecule has 0 radical (unpaired) electrons. The van der Waals surface area contributed by atoms with E-state index in [0.29, 0.717) is 17.9 Å². The first-order chi connectivity index (χ1) is 9.61. The molecule has 0 unspecified atom stereocenters. The number of amides is 1. The van der Waals surface area contributed by atoms with Crippen molar-refractivity contribution in [2.75, 3.05) is 6.54 Å². The fourth-order valence-electron chi connectivity index (χ4n) is 2.34. The second kappa shape index (κ2) is 6.42. The topological polar surface area (TPSA) is 33.5 Å². The second-order valence-electron chi connectivity index (χ2n) is 5.04. The summed E-state index contributed by atoms with van der Waals surface area (Å²) in [6, 6.07) is 11.9. The van der Waals surface area contributed by atoms with Crippen LogP contribution >= 0.6 is 0 Å². The minimum Gasteiger partial charge on any atom is -0.466 e. The van der Waals surface area contributed by atoms with E-state index in [0.717, 1.165) is 24.3 Å². The predicted octanol–water partition coefficient (Wildman–Crippen LogP) is 3.95. The Morgan fingerprint density at radius 3 is 2.45 bits per heavy atom. The fourth-order valence-corrected chi connectivity index (χ4v) is 2.34. The lowest BCUT2D eigenvalue weighted by Crippen LogP contribution is -2.31. The second-order valence-corrected chi connectivity index (χ2v) is 5.04. The molecule has 0 fully saturated rings. The van der Waals surface area contributed by atoms with E-state index in [1.807, 2.05) is 55.1 Å². The number of nitrogens with zero attached hydrogens (tertiary/aromatic N) is 1. The zero-order valence-corrected chi connectivity index (χ0v) is 12.3. The van der Waals surface area contributed by atoms with Crippen LogP contribution in [0, 0.1) is 13.8 Å². The SMILES string of the molecule is CCCN(Cc1ccccc1)C(=O)c1cc(C)oc1C. The molecule has 3 heteroatoms. The number of hydrogen-bond acceptors (Lipinski definition) is 2. The molecule has 2 rings (SSSR count). The molecule has 106 valence electrons. The van der Waals surface area contributed by atoms with Crippen LogP contribution < -0.4 is 0 Å². The van der Waals surface area contributed by atoms with Crippen molar-refractivity contribution >= 4 is 5.91 Å². The molecule has 0 bridgehead atoms. The molecule has 0 saturated heterocycles. The molecular formula is C17H21NO2. The van der Waals surface area contributed by atoms with Crippen molar-refractivity contribution in [3.8, 4) is 0 Å². The Labute approximate surface area is 120 Å². The molecule has 1 aromatic carbocycles. The Bertz CT molecular complexity index is 572. The fraction of sp³-hybridized carbons (Fsp3) is 0.353. The highest BCUT2D eigenvalue weighted by molar-refractivity contribution is 5.95. The Hall–Kier alpha value is -2.03. The van der Waals surface area contributed by atoms with E-state index in [1.165, 1.54) is 0 Å². The van der Waals surface area contributed by atoms with Gasteiger partial charge in [-0.05, 0) is 31.9 Å². The quantitative estimate of drug-likeness (QED) is 0.825. The van der Waals surface area contributed by atoms with E-state index in [1.54, 1.807) is 0 Å². The van der Waals surface area contributed by atoms with Crippen LogP contribution in [0.5, 0.6) is 0 Å². The first-order valence-corrected chi connectivity index (χ1v) is 7.02. The Morgan fingerprint density at radius 1 is 1.20 bits per heavy atom. The first kappa shape index (κ1) is 14.4. The summed E-state index contributed by atoms with van der Waals surface area (Å²) in [6.07, 6.45) is 0.939. The largest absolute Gasteiger partial charge is 0.466 e. The normalized spacial score (nSPS) is 10.6. The van der Waals surface area contributed by atoms with Gasteiger partial charge < -0.3 is 9.32 Å². The maximum atomic E-state index is 12.6. The number of carbonyl (C=O) groups excluding carboxylic acids is 1. The molecule has 0 aliphatic rings. The van der Waals surface area contributed by atoms with Crippen molar-refractivity contribution in [3.05, 3.63) is 59.0 Å². The van der Waals surface area contributed by atoms with Crippen LogP contribution in [0.3, 0.4) is 0 Å². The molecular weight excluding hydrogens is 250 g/mol. The predicted molar refractivity (Wildman–Crippen MR) is 79.7 cm³/mol. The number of furan rings is 1. The van der Waals surface area contributed by atoms with E-state index in [2.05, 4.69) is 6.92 Å². The maximum Gasteiger partial charge on any atom is 0.257 e. The lowest BCUT2D eigenvalue weighted by atomic mass is 10.1. The van der Waals surface area contributed by atoms with Gasteiger partial charge in [0, 0.05) is 13.1 Å². The third kappa shape index (κ3) is 3.29. The van der Waals surface area contributed by atoms with Gasteiger partial charge in [-0.25, -0.2) is 0 Å². The van der Waals surface area contributed by atoms with Crippen LogP contribution in [0.2, 0.25) is 0 Å². The summed E-state index contributed by atoms with van der Waals surface area (Å²) in [5.74, 6) is 1.52. The van der Waals surface area contributed by atoms with E-state index in [4.69, 9.17) is 4.42 Å². The summed E-state index contributed by atoms with van der Waals surface area (Å²) in [5, 5.41) is 0. The van der Waals surface area contributed by atoms with Crippen LogP contribution in [-0.4, -0.2) is 17.4 Å². The van der Waals surface area contributed by atoms with Crippen molar-refractivity contribution in [2.24, 2.45) is 0 Å². The van der Waals surface area contributed by atoms with Crippen molar-refractivity contribution in [3.63, 3.8) is 0 Å². The van der Waals surface area contributed by atoms with Gasteiger partial charge in [0.2, 0.25) is 0 Å². The highest BCUT2D eigenvalue weighted by Gasteiger charge is 2.20. The summed E-state index contributed by atoms with van der Waals surface area (Å²) in [4.78, 5) is 14.5. The Balaban J connectivity index is 2.20. The molecule has 0 N–H and O–H groups in total. The number of carbonyl (C=O) groups is 1. The summed E-state index contributed by atoms with van der Waals surface area (Å²) >= 11 is 0. The summed E-state index contributed by atoms with van der Waals surface area (Å²) < 4.78 is 5.47. The molecule has 0 atom stereocenters.